The summed E-state index contributed by atoms with van der Waals surface area (Å²) in [5.41, 5.74) is 3.13. The van der Waals surface area contributed by atoms with Crippen LogP contribution in [0.1, 0.15) is 34.3 Å². The van der Waals surface area contributed by atoms with Crippen LogP contribution in [0.5, 0.6) is 0 Å². The Labute approximate surface area is 243 Å². The first-order chi connectivity index (χ1) is 19.9. The molecule has 0 spiro atoms. The van der Waals surface area contributed by atoms with Gasteiger partial charge < -0.3 is 16.4 Å². The quantitative estimate of drug-likeness (QED) is 0.167. The molecule has 0 fully saturated rings. The maximum absolute atomic E-state index is 13.3. The first-order valence-corrected chi connectivity index (χ1v) is 13.9. The van der Waals surface area contributed by atoms with Gasteiger partial charge >= 0.3 is 6.18 Å². The van der Waals surface area contributed by atoms with Gasteiger partial charge in [0, 0.05) is 33.1 Å². The van der Waals surface area contributed by atoms with Crippen molar-refractivity contribution in [3.8, 4) is 0 Å². The number of nitrogens with one attached hydrogen (secondary N) is 4. The highest BCUT2D eigenvalue weighted by molar-refractivity contribution is 8.28. The van der Waals surface area contributed by atoms with Gasteiger partial charge in [0.2, 0.25) is 5.91 Å². The van der Waals surface area contributed by atoms with Gasteiger partial charge in [0.1, 0.15) is 28.4 Å². The van der Waals surface area contributed by atoms with E-state index in [2.05, 4.69) is 20.6 Å². The lowest BCUT2D eigenvalue weighted by Crippen LogP contribution is -2.37. The topological polar surface area (TPSA) is 180 Å². The number of nitrogens with two attached hydrogens (primary N) is 1. The minimum Gasteiger partial charge on any atom is -0.384 e. The van der Waals surface area contributed by atoms with Gasteiger partial charge in [-0.3, -0.25) is 29.8 Å². The van der Waals surface area contributed by atoms with Crippen molar-refractivity contribution < 1.29 is 22.8 Å². The number of thiophene rings is 1. The van der Waals surface area contributed by atoms with Crippen molar-refractivity contribution in [2.45, 2.75) is 31.6 Å². The number of nitrogen functional groups attached to an aromatic ring is 1. The van der Waals surface area contributed by atoms with Crippen LogP contribution in [0.25, 0.3) is 10.1 Å². The molecule has 42 heavy (non-hydrogen) atoms. The Bertz CT molecular complexity index is 1820. The largest absolute Gasteiger partial charge is 0.417 e. The molecule has 5 rings (SSSR count). The average molecular weight is 615 g/mol. The van der Waals surface area contributed by atoms with Crippen LogP contribution in [0.2, 0.25) is 0 Å². The molecule has 1 aliphatic heterocycles. The zero-order valence-corrected chi connectivity index (χ0v) is 23.0. The molecular weight excluding hydrogens is 593 g/mol. The summed E-state index contributed by atoms with van der Waals surface area (Å²) >= 11 is 1.65. The van der Waals surface area contributed by atoms with Crippen molar-refractivity contribution >= 4 is 66.6 Å². The van der Waals surface area contributed by atoms with Gasteiger partial charge in [-0.1, -0.05) is 18.2 Å². The summed E-state index contributed by atoms with van der Waals surface area (Å²) in [5, 5.41) is 20.5. The third-order valence-electron chi connectivity index (χ3n) is 6.37. The highest BCUT2D eigenvalue weighted by Crippen LogP contribution is 2.33. The molecule has 1 aromatic carbocycles. The number of fused-ring (bicyclic) bond motifs is 2. The molecule has 3 aromatic heterocycles. The highest BCUT2D eigenvalue weighted by Gasteiger charge is 2.35. The van der Waals surface area contributed by atoms with Crippen LogP contribution >= 0.6 is 23.1 Å². The van der Waals surface area contributed by atoms with Crippen molar-refractivity contribution in [1.29, 1.82) is 10.8 Å². The van der Waals surface area contributed by atoms with E-state index in [0.29, 0.717) is 24.5 Å². The molecule has 2 amide bonds. The van der Waals surface area contributed by atoms with Gasteiger partial charge in [-0.25, -0.2) is 9.97 Å². The molecule has 4 heterocycles. The van der Waals surface area contributed by atoms with E-state index >= 15 is 0 Å². The minimum atomic E-state index is -4.73. The fraction of sp³-hybridized carbons (Fsp3) is 0.192. The van der Waals surface area contributed by atoms with E-state index in [4.69, 9.17) is 16.6 Å². The minimum absolute atomic E-state index is 0.205. The lowest BCUT2D eigenvalue weighted by molar-refractivity contribution is -0.137. The van der Waals surface area contributed by atoms with Crippen LogP contribution in [-0.2, 0) is 28.7 Å². The van der Waals surface area contributed by atoms with E-state index in [1.165, 1.54) is 28.0 Å². The van der Waals surface area contributed by atoms with Crippen LogP contribution in [0.15, 0.2) is 53.6 Å². The first kappa shape index (κ1) is 28.9. The van der Waals surface area contributed by atoms with Gasteiger partial charge in [-0.05, 0) is 36.4 Å². The van der Waals surface area contributed by atoms with Crippen LogP contribution in [-0.4, -0.2) is 36.4 Å². The molecule has 16 heteroatoms. The zero-order valence-electron chi connectivity index (χ0n) is 21.4. The standard InChI is InChI=1S/C26H21F3N8O3S2/c27-26(28,29)15-4-2-1-3-14(15)21(31)42-22(32)24(39)36-16-11-34-20-6-5-17(37(20)25(16)40)23(38)35-10-13-7-12-9-33-19(30)8-18(12)41-13/h1-4,7-9,11,17,31-32H,5-6,10H2,(H2,30,33)(H,35,38)(H,36,39). The summed E-state index contributed by atoms with van der Waals surface area (Å²) in [4.78, 5) is 48.0. The number of carbonyl (C=O) groups is 2. The van der Waals surface area contributed by atoms with E-state index in [-0.39, 0.29) is 24.0 Å². The summed E-state index contributed by atoms with van der Waals surface area (Å²) in [6.07, 6.45) is -1.34. The fourth-order valence-corrected chi connectivity index (χ4v) is 6.09. The number of amides is 2. The smallest absolute Gasteiger partial charge is 0.384 e. The number of alkyl halides is 3. The fourth-order valence-electron chi connectivity index (χ4n) is 4.43. The number of aromatic nitrogens is 3. The molecule has 0 saturated heterocycles. The van der Waals surface area contributed by atoms with E-state index in [9.17, 15) is 27.6 Å². The maximum Gasteiger partial charge on any atom is 0.417 e. The van der Waals surface area contributed by atoms with E-state index in [1.807, 2.05) is 6.07 Å². The Balaban J connectivity index is 1.26. The van der Waals surface area contributed by atoms with E-state index < -0.39 is 50.8 Å². The van der Waals surface area contributed by atoms with E-state index in [1.54, 1.807) is 12.3 Å². The molecule has 0 radical (unpaired) electrons. The molecular formula is C26H21F3N8O3S2. The summed E-state index contributed by atoms with van der Waals surface area (Å²) in [5.74, 6) is -0.809. The van der Waals surface area contributed by atoms with Gasteiger partial charge in [-0.15, -0.1) is 11.3 Å². The Hall–Kier alpha value is -4.57. The molecule has 4 aromatic rings. The van der Waals surface area contributed by atoms with Crippen LogP contribution < -0.4 is 21.9 Å². The van der Waals surface area contributed by atoms with Crippen molar-refractivity contribution in [1.82, 2.24) is 19.9 Å². The molecule has 216 valence electrons. The van der Waals surface area contributed by atoms with Crippen molar-refractivity contribution in [2.24, 2.45) is 0 Å². The number of benzene rings is 1. The molecule has 6 N–H and O–H groups in total. The molecule has 1 unspecified atom stereocenters. The number of rotatable bonds is 5. The average Bonchev–Trinajstić information content (AvgIpc) is 3.57. The third kappa shape index (κ3) is 5.89. The summed E-state index contributed by atoms with van der Waals surface area (Å²) in [6.45, 7) is 0.209. The Morgan fingerprint density at radius 3 is 2.69 bits per heavy atom. The predicted octanol–water partition coefficient (Wildman–Crippen LogP) is 3.93. The van der Waals surface area contributed by atoms with Crippen molar-refractivity contribution in [3.63, 3.8) is 0 Å². The van der Waals surface area contributed by atoms with Gasteiger partial charge in [0.05, 0.1) is 18.3 Å². The van der Waals surface area contributed by atoms with Gasteiger partial charge in [0.15, 0.2) is 5.04 Å². The molecule has 0 bridgehead atoms. The second-order valence-corrected chi connectivity index (χ2v) is 11.3. The second kappa shape index (κ2) is 11.4. The third-order valence-corrected chi connectivity index (χ3v) is 8.28. The lowest BCUT2D eigenvalue weighted by Gasteiger charge is -2.15. The lowest BCUT2D eigenvalue weighted by atomic mass is 10.1. The number of thioether (sulfide) groups is 1. The van der Waals surface area contributed by atoms with Crippen molar-refractivity contribution in [3.05, 3.63) is 81.0 Å². The van der Waals surface area contributed by atoms with E-state index in [0.717, 1.165) is 33.3 Å². The highest BCUT2D eigenvalue weighted by atomic mass is 32.2. The molecule has 0 aliphatic carbocycles. The molecule has 11 nitrogen and oxygen atoms in total. The SMILES string of the molecule is N=C(SC(=N)c1ccccc1C(F)(F)F)C(=O)Nc1cnc2n(c1=O)C(C(=O)NCc1cc3cnc(N)cc3s1)CC2. The molecule has 0 saturated carbocycles. The Morgan fingerprint density at radius 1 is 1.17 bits per heavy atom. The number of halogens is 3. The Kier molecular flexibility index (Phi) is 7.83. The summed E-state index contributed by atoms with van der Waals surface area (Å²) in [7, 11) is 0. The van der Waals surface area contributed by atoms with Gasteiger partial charge in [-0.2, -0.15) is 13.2 Å². The van der Waals surface area contributed by atoms with Crippen LogP contribution in [0.3, 0.4) is 0 Å². The van der Waals surface area contributed by atoms with Gasteiger partial charge in [0.25, 0.3) is 11.5 Å². The number of pyridine rings is 1. The Morgan fingerprint density at radius 2 is 1.93 bits per heavy atom. The normalized spacial score (nSPS) is 14.4. The number of anilines is 2. The van der Waals surface area contributed by atoms with Crippen molar-refractivity contribution in [2.75, 3.05) is 11.1 Å². The number of hydrogen-bond donors (Lipinski definition) is 5. The number of aryl methyl sites for hydroxylation is 1. The second-order valence-electron chi connectivity index (χ2n) is 9.15. The van der Waals surface area contributed by atoms with Crippen LogP contribution in [0, 0.1) is 10.8 Å². The number of hydrogen-bond acceptors (Lipinski definition) is 10. The zero-order chi connectivity index (χ0) is 30.2. The van der Waals surface area contributed by atoms with Crippen LogP contribution in [0.4, 0.5) is 24.7 Å². The number of carbonyl (C=O) groups excluding carboxylic acids is 2. The monoisotopic (exact) mass is 614 g/mol. The maximum atomic E-state index is 13.3. The summed E-state index contributed by atoms with van der Waals surface area (Å²) < 4.78 is 42.0. The molecule has 1 aliphatic rings. The molecule has 1 atom stereocenters. The predicted molar refractivity (Wildman–Crippen MR) is 154 cm³/mol. The number of nitrogens with zero attached hydrogens (tertiary/aromatic N) is 3. The summed E-state index contributed by atoms with van der Waals surface area (Å²) in [6, 6.07) is 7.08. The first-order valence-electron chi connectivity index (χ1n) is 12.3.